The van der Waals surface area contributed by atoms with Crippen LogP contribution in [0.4, 0.5) is 0 Å². The van der Waals surface area contributed by atoms with Crippen molar-refractivity contribution in [3.05, 3.63) is 94.1 Å². The highest BCUT2D eigenvalue weighted by atomic mass is 35.5. The summed E-state index contributed by atoms with van der Waals surface area (Å²) in [6.07, 6.45) is 2.22. The van der Waals surface area contributed by atoms with Gasteiger partial charge in [-0.1, -0.05) is 66.2 Å². The number of nitrogens with one attached hydrogen (secondary N) is 1. The number of pyridine rings is 1. The summed E-state index contributed by atoms with van der Waals surface area (Å²) in [4.78, 5) is 17.0. The number of ether oxygens (including phenoxy) is 1. The maximum absolute atomic E-state index is 12.8. The van der Waals surface area contributed by atoms with E-state index in [9.17, 15) is 4.79 Å². The monoisotopic (exact) mass is 394 g/mol. The van der Waals surface area contributed by atoms with E-state index in [1.165, 1.54) is 17.3 Å². The second kappa shape index (κ2) is 9.38. The van der Waals surface area contributed by atoms with Gasteiger partial charge >= 0.3 is 0 Å². The molecule has 0 saturated heterocycles. The summed E-state index contributed by atoms with van der Waals surface area (Å²) in [5, 5.41) is 3.37. The Morgan fingerprint density at radius 3 is 2.61 bits per heavy atom. The van der Waals surface area contributed by atoms with Crippen LogP contribution >= 0.6 is 11.6 Å². The molecule has 144 valence electrons. The number of amides is 1. The Morgan fingerprint density at radius 1 is 1.14 bits per heavy atom. The standard InChI is InChI=1S/C23H23ClN2O2/c1-16-8-6-7-9-18(16)12-13-28-23-21(14-20(24)15-25-23)22(27)26-17(2)19-10-4-3-5-11-19/h3-11,14-15,17H,12-13H2,1-2H3,(H,26,27)/t17-/m0/s1. The molecule has 0 fully saturated rings. The van der Waals surface area contributed by atoms with Crippen LogP contribution in [-0.2, 0) is 6.42 Å². The van der Waals surface area contributed by atoms with E-state index < -0.39 is 0 Å². The minimum absolute atomic E-state index is 0.146. The Labute approximate surface area is 170 Å². The van der Waals surface area contributed by atoms with E-state index in [0.717, 1.165) is 12.0 Å². The predicted octanol–water partition coefficient (Wildman–Crippen LogP) is 5.16. The first-order valence-corrected chi connectivity index (χ1v) is 9.61. The van der Waals surface area contributed by atoms with Gasteiger partial charge in [0.1, 0.15) is 5.56 Å². The van der Waals surface area contributed by atoms with Crippen LogP contribution in [0.3, 0.4) is 0 Å². The first-order valence-electron chi connectivity index (χ1n) is 9.23. The van der Waals surface area contributed by atoms with Crippen molar-refractivity contribution in [3.63, 3.8) is 0 Å². The van der Waals surface area contributed by atoms with E-state index in [-0.39, 0.29) is 17.8 Å². The zero-order valence-corrected chi connectivity index (χ0v) is 16.7. The molecular weight excluding hydrogens is 372 g/mol. The van der Waals surface area contributed by atoms with E-state index >= 15 is 0 Å². The molecule has 1 amide bonds. The lowest BCUT2D eigenvalue weighted by molar-refractivity contribution is 0.0935. The van der Waals surface area contributed by atoms with Crippen LogP contribution in [0.5, 0.6) is 5.88 Å². The summed E-state index contributed by atoms with van der Waals surface area (Å²) in [5.74, 6) is 0.0213. The topological polar surface area (TPSA) is 51.2 Å². The van der Waals surface area contributed by atoms with Crippen molar-refractivity contribution in [2.45, 2.75) is 26.3 Å². The van der Waals surface area contributed by atoms with Gasteiger partial charge in [-0.2, -0.15) is 0 Å². The third kappa shape index (κ3) is 5.11. The molecule has 1 heterocycles. The third-order valence-electron chi connectivity index (χ3n) is 4.58. The molecule has 1 N–H and O–H groups in total. The van der Waals surface area contributed by atoms with Gasteiger partial charge in [-0.05, 0) is 36.6 Å². The summed E-state index contributed by atoms with van der Waals surface area (Å²) in [6, 6.07) is 19.4. The Morgan fingerprint density at radius 2 is 1.86 bits per heavy atom. The number of benzene rings is 2. The highest BCUT2D eigenvalue weighted by molar-refractivity contribution is 6.30. The Balaban J connectivity index is 1.69. The van der Waals surface area contributed by atoms with Crippen molar-refractivity contribution < 1.29 is 9.53 Å². The summed E-state index contributed by atoms with van der Waals surface area (Å²) in [7, 11) is 0. The molecular formula is C23H23ClN2O2. The quantitative estimate of drug-likeness (QED) is 0.602. The minimum Gasteiger partial charge on any atom is -0.477 e. The van der Waals surface area contributed by atoms with Crippen LogP contribution in [0.15, 0.2) is 66.9 Å². The molecule has 0 spiro atoms. The number of aryl methyl sites for hydroxylation is 1. The molecule has 28 heavy (non-hydrogen) atoms. The van der Waals surface area contributed by atoms with Crippen LogP contribution in [0.2, 0.25) is 5.02 Å². The van der Waals surface area contributed by atoms with Crippen molar-refractivity contribution >= 4 is 17.5 Å². The average molecular weight is 395 g/mol. The fourth-order valence-electron chi connectivity index (χ4n) is 2.95. The molecule has 2 aromatic carbocycles. The number of nitrogens with zero attached hydrogens (tertiary/aromatic N) is 1. The van der Waals surface area contributed by atoms with Gasteiger partial charge in [0.25, 0.3) is 5.91 Å². The summed E-state index contributed by atoms with van der Waals surface area (Å²) in [5.41, 5.74) is 3.78. The van der Waals surface area contributed by atoms with Gasteiger partial charge in [-0.25, -0.2) is 4.98 Å². The summed E-state index contributed by atoms with van der Waals surface area (Å²) < 4.78 is 5.83. The third-order valence-corrected chi connectivity index (χ3v) is 4.79. The number of carbonyl (C=O) groups excluding carboxylic acids is 1. The lowest BCUT2D eigenvalue weighted by Crippen LogP contribution is -2.27. The lowest BCUT2D eigenvalue weighted by Gasteiger charge is -2.16. The van der Waals surface area contributed by atoms with E-state index in [2.05, 4.69) is 29.4 Å². The summed E-state index contributed by atoms with van der Waals surface area (Å²) >= 11 is 6.07. The molecule has 0 saturated carbocycles. The van der Waals surface area contributed by atoms with Crippen LogP contribution < -0.4 is 10.1 Å². The molecule has 4 nitrogen and oxygen atoms in total. The molecule has 3 aromatic rings. The largest absolute Gasteiger partial charge is 0.477 e. The van der Waals surface area contributed by atoms with Gasteiger partial charge < -0.3 is 10.1 Å². The van der Waals surface area contributed by atoms with Gasteiger partial charge in [0.15, 0.2) is 0 Å². The number of hydrogen-bond donors (Lipinski definition) is 1. The number of carbonyl (C=O) groups is 1. The molecule has 0 aliphatic heterocycles. The fourth-order valence-corrected chi connectivity index (χ4v) is 3.11. The van der Waals surface area contributed by atoms with Crippen molar-refractivity contribution in [1.82, 2.24) is 10.3 Å². The fraction of sp³-hybridized carbons (Fsp3) is 0.217. The highest BCUT2D eigenvalue weighted by Gasteiger charge is 2.18. The van der Waals surface area contributed by atoms with Crippen molar-refractivity contribution in [1.29, 1.82) is 0 Å². The van der Waals surface area contributed by atoms with E-state index in [4.69, 9.17) is 16.3 Å². The maximum atomic E-state index is 12.8. The first-order chi connectivity index (χ1) is 13.5. The molecule has 0 unspecified atom stereocenters. The van der Waals surface area contributed by atoms with Gasteiger partial charge in [0.2, 0.25) is 5.88 Å². The lowest BCUT2D eigenvalue weighted by atomic mass is 10.1. The smallest absolute Gasteiger partial charge is 0.257 e. The Kier molecular flexibility index (Phi) is 6.66. The maximum Gasteiger partial charge on any atom is 0.257 e. The zero-order chi connectivity index (χ0) is 19.9. The molecule has 1 aromatic heterocycles. The minimum atomic E-state index is -0.266. The Bertz CT molecular complexity index is 944. The molecule has 1 atom stereocenters. The first kappa shape index (κ1) is 19.9. The highest BCUT2D eigenvalue weighted by Crippen LogP contribution is 2.22. The molecule has 0 bridgehead atoms. The Hall–Kier alpha value is -2.85. The molecule has 3 rings (SSSR count). The molecule has 0 aliphatic rings. The van der Waals surface area contributed by atoms with Crippen molar-refractivity contribution in [3.8, 4) is 5.88 Å². The van der Waals surface area contributed by atoms with E-state index in [1.807, 2.05) is 49.4 Å². The van der Waals surface area contributed by atoms with Crippen LogP contribution in [0.1, 0.15) is 40.0 Å². The number of rotatable bonds is 7. The summed E-state index contributed by atoms with van der Waals surface area (Å²) in [6.45, 7) is 4.43. The van der Waals surface area contributed by atoms with Gasteiger partial charge in [-0.15, -0.1) is 0 Å². The second-order valence-corrected chi connectivity index (χ2v) is 7.07. The van der Waals surface area contributed by atoms with Gasteiger partial charge in [0.05, 0.1) is 17.7 Å². The average Bonchev–Trinajstić information content (AvgIpc) is 2.71. The second-order valence-electron chi connectivity index (χ2n) is 6.64. The van der Waals surface area contributed by atoms with Crippen LogP contribution in [0, 0.1) is 6.92 Å². The molecule has 0 aliphatic carbocycles. The molecule has 5 heteroatoms. The van der Waals surface area contributed by atoms with Gasteiger partial charge in [0, 0.05) is 12.6 Å². The van der Waals surface area contributed by atoms with Crippen LogP contribution in [0.25, 0.3) is 0 Å². The van der Waals surface area contributed by atoms with Crippen LogP contribution in [-0.4, -0.2) is 17.5 Å². The number of aromatic nitrogens is 1. The predicted molar refractivity (Wildman–Crippen MR) is 112 cm³/mol. The zero-order valence-electron chi connectivity index (χ0n) is 16.0. The van der Waals surface area contributed by atoms with Crippen molar-refractivity contribution in [2.75, 3.05) is 6.61 Å². The van der Waals surface area contributed by atoms with E-state index in [0.29, 0.717) is 17.2 Å². The number of halogens is 1. The van der Waals surface area contributed by atoms with Crippen molar-refractivity contribution in [2.24, 2.45) is 0 Å². The normalized spacial score (nSPS) is 11.7. The van der Waals surface area contributed by atoms with E-state index in [1.54, 1.807) is 6.07 Å². The number of hydrogen-bond acceptors (Lipinski definition) is 3. The van der Waals surface area contributed by atoms with Gasteiger partial charge in [-0.3, -0.25) is 4.79 Å². The molecule has 0 radical (unpaired) electrons. The SMILES string of the molecule is Cc1ccccc1CCOc1ncc(Cl)cc1C(=O)N[C@@H](C)c1ccccc1.